The summed E-state index contributed by atoms with van der Waals surface area (Å²) in [6, 6.07) is 0. The lowest BCUT2D eigenvalue weighted by Crippen LogP contribution is -2.25. The van der Waals surface area contributed by atoms with Crippen LogP contribution in [0, 0.1) is 0 Å². The smallest absolute Gasteiger partial charge is 0.300 e. The number of carboxylic acids is 1. The summed E-state index contributed by atoms with van der Waals surface area (Å²) >= 11 is 1.48. The number of thioether (sulfide) groups is 1. The van der Waals surface area contributed by atoms with Gasteiger partial charge in [-0.1, -0.05) is 17.8 Å². The minimum atomic E-state index is -3.13. The minimum Gasteiger partial charge on any atom is -0.481 e. The number of hydrogen-bond acceptors (Lipinski definition) is 7. The number of allylic oxidation sites excluding steroid dienone is 1. The number of nitrogens with two attached hydrogens (primary N) is 1. The molecular weight excluding hydrogens is 354 g/mol. The molecule has 3 N–H and O–H groups in total. The molecule has 0 unspecified atom stereocenters. The fourth-order valence-electron chi connectivity index (χ4n) is 1.48. The second kappa shape index (κ2) is 11.2. The summed E-state index contributed by atoms with van der Waals surface area (Å²) in [4.78, 5) is 9.00. The van der Waals surface area contributed by atoms with Crippen molar-refractivity contribution in [3.05, 3.63) is 18.5 Å². The summed E-state index contributed by atoms with van der Waals surface area (Å²) in [6.45, 7) is 5.68. The maximum atomic E-state index is 11.6. The molecule has 1 heterocycles. The topological polar surface area (TPSA) is 131 Å². The third kappa shape index (κ3) is 8.43. The van der Waals surface area contributed by atoms with Crippen molar-refractivity contribution >= 4 is 27.8 Å². The number of nitrogens with zero attached hydrogens (tertiary/aromatic N) is 4. The van der Waals surface area contributed by atoms with E-state index in [2.05, 4.69) is 16.8 Å². The van der Waals surface area contributed by atoms with Gasteiger partial charge in [0.25, 0.3) is 5.97 Å². The van der Waals surface area contributed by atoms with Gasteiger partial charge in [0.1, 0.15) is 5.82 Å². The average Bonchev–Trinajstić information content (AvgIpc) is 2.85. The van der Waals surface area contributed by atoms with E-state index in [-0.39, 0.29) is 5.75 Å². The predicted octanol–water partition coefficient (Wildman–Crippen LogP) is 0.387. The van der Waals surface area contributed by atoms with Crippen molar-refractivity contribution in [2.24, 2.45) is 5.73 Å². The van der Waals surface area contributed by atoms with Crippen molar-refractivity contribution in [1.82, 2.24) is 19.1 Å². The number of hydrogen-bond donors (Lipinski definition) is 2. The van der Waals surface area contributed by atoms with Gasteiger partial charge in [-0.2, -0.15) is 0 Å². The van der Waals surface area contributed by atoms with Crippen LogP contribution in [0.15, 0.2) is 17.8 Å². The third-order valence-electron chi connectivity index (χ3n) is 2.62. The van der Waals surface area contributed by atoms with E-state index in [1.807, 2.05) is 4.57 Å². The molecule has 9 nitrogen and oxygen atoms in total. The highest BCUT2D eigenvalue weighted by molar-refractivity contribution is 7.99. The zero-order valence-electron chi connectivity index (χ0n) is 14.2. The Balaban J connectivity index is 0.00000118. The number of carboxylic acid groups (broad SMARTS) is 1. The number of sulfonamides is 1. The largest absolute Gasteiger partial charge is 0.481 e. The van der Waals surface area contributed by atoms with E-state index in [0.29, 0.717) is 31.1 Å². The van der Waals surface area contributed by atoms with Crippen LogP contribution in [-0.4, -0.2) is 64.2 Å². The van der Waals surface area contributed by atoms with E-state index in [1.165, 1.54) is 30.2 Å². The van der Waals surface area contributed by atoms with Gasteiger partial charge in [-0.05, 0) is 6.42 Å². The van der Waals surface area contributed by atoms with Crippen molar-refractivity contribution in [1.29, 1.82) is 0 Å². The number of aromatic nitrogens is 3. The summed E-state index contributed by atoms with van der Waals surface area (Å²) < 4.78 is 26.4. The van der Waals surface area contributed by atoms with Crippen LogP contribution < -0.4 is 5.73 Å². The van der Waals surface area contributed by atoms with E-state index >= 15 is 0 Å². The molecule has 24 heavy (non-hydrogen) atoms. The van der Waals surface area contributed by atoms with Crippen LogP contribution in [0.4, 0.5) is 0 Å². The van der Waals surface area contributed by atoms with Crippen molar-refractivity contribution in [3.8, 4) is 0 Å². The Hall–Kier alpha value is -1.43. The maximum Gasteiger partial charge on any atom is 0.300 e. The van der Waals surface area contributed by atoms with Gasteiger partial charge in [-0.25, -0.2) is 12.7 Å². The summed E-state index contributed by atoms with van der Waals surface area (Å²) in [7, 11) is -0.0546. The van der Waals surface area contributed by atoms with Gasteiger partial charge in [0, 0.05) is 33.3 Å². The zero-order chi connectivity index (χ0) is 18.8. The second-order valence-electron chi connectivity index (χ2n) is 4.82. The average molecular weight is 380 g/mol. The van der Waals surface area contributed by atoms with Crippen LogP contribution >= 0.6 is 11.8 Å². The quantitative estimate of drug-likeness (QED) is 0.358. The molecule has 1 aromatic heterocycles. The molecule has 1 aromatic rings. The van der Waals surface area contributed by atoms with Crippen molar-refractivity contribution in [3.63, 3.8) is 0 Å². The number of rotatable bonds is 9. The molecule has 0 bridgehead atoms. The van der Waals surface area contributed by atoms with Crippen LogP contribution in [0.1, 0.15) is 19.2 Å². The Bertz CT molecular complexity index is 624. The molecule has 0 aromatic carbocycles. The molecule has 1 rings (SSSR count). The monoisotopic (exact) mass is 379 g/mol. The molecular formula is C13H25N5O4S2. The van der Waals surface area contributed by atoms with Crippen LogP contribution in [-0.2, 0) is 27.9 Å². The van der Waals surface area contributed by atoms with Crippen LogP contribution in [0.2, 0.25) is 0 Å². The zero-order valence-corrected chi connectivity index (χ0v) is 15.8. The highest BCUT2D eigenvalue weighted by Gasteiger charge is 2.14. The SMILES string of the molecule is C=CCn1c(CN)nnc1SCCCS(=O)(=O)N(C)C.CC(=O)O. The molecule has 0 aliphatic rings. The van der Waals surface area contributed by atoms with Gasteiger partial charge in [-0.15, -0.1) is 16.8 Å². The fraction of sp³-hybridized carbons (Fsp3) is 0.615. The van der Waals surface area contributed by atoms with Gasteiger partial charge in [-0.3, -0.25) is 4.79 Å². The Kier molecular flexibility index (Phi) is 10.5. The molecule has 0 spiro atoms. The van der Waals surface area contributed by atoms with Gasteiger partial charge in [0.2, 0.25) is 10.0 Å². The molecule has 0 amide bonds. The maximum absolute atomic E-state index is 11.6. The van der Waals surface area contributed by atoms with E-state index in [4.69, 9.17) is 15.6 Å². The van der Waals surface area contributed by atoms with E-state index < -0.39 is 16.0 Å². The molecule has 0 fully saturated rings. The first-order valence-corrected chi connectivity index (χ1v) is 9.70. The highest BCUT2D eigenvalue weighted by atomic mass is 32.2. The van der Waals surface area contributed by atoms with Crippen molar-refractivity contribution < 1.29 is 18.3 Å². The molecule has 0 aliphatic carbocycles. The predicted molar refractivity (Wildman–Crippen MR) is 94.2 cm³/mol. The van der Waals surface area contributed by atoms with E-state index in [1.54, 1.807) is 6.08 Å². The molecule has 11 heteroatoms. The van der Waals surface area contributed by atoms with Crippen LogP contribution in [0.3, 0.4) is 0 Å². The summed E-state index contributed by atoms with van der Waals surface area (Å²) in [5.74, 6) is 0.660. The number of aliphatic carboxylic acids is 1. The third-order valence-corrected chi connectivity index (χ3v) is 5.59. The summed E-state index contributed by atoms with van der Waals surface area (Å²) in [5.41, 5.74) is 5.59. The normalized spacial score (nSPS) is 11.0. The molecule has 0 saturated heterocycles. The lowest BCUT2D eigenvalue weighted by Gasteiger charge is -2.10. The molecule has 0 saturated carbocycles. The highest BCUT2D eigenvalue weighted by Crippen LogP contribution is 2.18. The number of carbonyl (C=O) groups is 1. The Morgan fingerprint density at radius 1 is 1.46 bits per heavy atom. The van der Waals surface area contributed by atoms with E-state index in [9.17, 15) is 8.42 Å². The molecule has 0 aliphatic heterocycles. The Labute approximate surface area is 147 Å². The lowest BCUT2D eigenvalue weighted by atomic mass is 10.5. The minimum absolute atomic E-state index is 0.131. The van der Waals surface area contributed by atoms with E-state index in [0.717, 1.165) is 12.1 Å². The first-order valence-electron chi connectivity index (χ1n) is 7.11. The standard InChI is InChI=1S/C11H21N5O2S2.C2H4O2/c1-4-6-16-10(9-12)13-14-11(16)19-7-5-8-20(17,18)15(2)3;1-2(3)4/h4H,1,5-9,12H2,2-3H3;1H3,(H,3,4). The van der Waals surface area contributed by atoms with Crippen LogP contribution in [0.25, 0.3) is 0 Å². The Morgan fingerprint density at radius 2 is 2.04 bits per heavy atom. The summed E-state index contributed by atoms with van der Waals surface area (Å²) in [6.07, 6.45) is 2.31. The molecule has 138 valence electrons. The van der Waals surface area contributed by atoms with Crippen molar-refractivity contribution in [2.45, 2.75) is 31.6 Å². The van der Waals surface area contributed by atoms with Gasteiger partial charge < -0.3 is 15.4 Å². The van der Waals surface area contributed by atoms with Crippen LogP contribution in [0.5, 0.6) is 0 Å². The lowest BCUT2D eigenvalue weighted by molar-refractivity contribution is -0.134. The second-order valence-corrected chi connectivity index (χ2v) is 8.19. The molecule has 0 radical (unpaired) electrons. The Morgan fingerprint density at radius 3 is 2.50 bits per heavy atom. The van der Waals surface area contributed by atoms with Gasteiger partial charge >= 0.3 is 0 Å². The first kappa shape index (κ1) is 22.6. The summed E-state index contributed by atoms with van der Waals surface area (Å²) in [5, 5.41) is 16.2. The first-order chi connectivity index (χ1) is 11.2. The van der Waals surface area contributed by atoms with Gasteiger partial charge in [0.15, 0.2) is 5.16 Å². The fourth-order valence-corrected chi connectivity index (χ4v) is 3.44. The van der Waals surface area contributed by atoms with Crippen molar-refractivity contribution in [2.75, 3.05) is 25.6 Å². The van der Waals surface area contributed by atoms with Gasteiger partial charge in [0.05, 0.1) is 12.3 Å². The molecule has 0 atom stereocenters.